The first-order valence-electron chi connectivity index (χ1n) is 5.10. The fourth-order valence-corrected chi connectivity index (χ4v) is 1.94. The first kappa shape index (κ1) is 9.48. The lowest BCUT2D eigenvalue weighted by atomic mass is 10.1. The molecule has 2 aliphatic heterocycles. The predicted octanol–water partition coefficient (Wildman–Crippen LogP) is 0.0258. The number of hydrazine groups is 1. The van der Waals surface area contributed by atoms with Crippen molar-refractivity contribution in [3.8, 4) is 0 Å². The zero-order valence-corrected chi connectivity index (χ0v) is 8.24. The summed E-state index contributed by atoms with van der Waals surface area (Å²) in [7, 11) is 0. The molecule has 0 saturated carbocycles. The maximum Gasteiger partial charge on any atom is 0.168 e. The topological polar surface area (TPSA) is 68.4 Å². The van der Waals surface area contributed by atoms with Gasteiger partial charge in [-0.25, -0.2) is 5.01 Å². The van der Waals surface area contributed by atoms with Crippen LogP contribution in [-0.2, 0) is 0 Å². The van der Waals surface area contributed by atoms with Crippen molar-refractivity contribution < 1.29 is 0 Å². The van der Waals surface area contributed by atoms with Gasteiger partial charge >= 0.3 is 0 Å². The van der Waals surface area contributed by atoms with E-state index >= 15 is 0 Å². The number of nitrogens with one attached hydrogen (secondary N) is 2. The summed E-state index contributed by atoms with van der Waals surface area (Å²) in [6.07, 6.45) is 6.85. The Morgan fingerprint density at radius 3 is 2.71 bits per heavy atom. The summed E-state index contributed by atoms with van der Waals surface area (Å²) in [5.74, 6) is 0.471. The Morgan fingerprint density at radius 2 is 2.07 bits per heavy atom. The summed E-state index contributed by atoms with van der Waals surface area (Å²) in [6, 6.07) is 0. The van der Waals surface area contributed by atoms with Gasteiger partial charge < -0.3 is 5.32 Å². The molecule has 1 atom stereocenters. The molecule has 1 unspecified atom stereocenters. The highest BCUT2D eigenvalue weighted by Crippen LogP contribution is 2.14. The highest BCUT2D eigenvalue weighted by atomic mass is 15.7. The van der Waals surface area contributed by atoms with Crippen molar-refractivity contribution in [3.63, 3.8) is 0 Å². The highest BCUT2D eigenvalue weighted by Gasteiger charge is 2.26. The fraction of sp³-hybridized carbons (Fsp3) is 0.667. The SMILES string of the molecule is N=C1C=CNC(N)N1N1CCCCC1. The lowest BCUT2D eigenvalue weighted by Crippen LogP contribution is -2.62. The predicted molar refractivity (Wildman–Crippen MR) is 55.2 cm³/mol. The van der Waals surface area contributed by atoms with Crippen molar-refractivity contribution in [3.05, 3.63) is 12.3 Å². The molecule has 0 amide bonds. The zero-order valence-electron chi connectivity index (χ0n) is 8.24. The summed E-state index contributed by atoms with van der Waals surface area (Å²) in [5, 5.41) is 14.8. The van der Waals surface area contributed by atoms with E-state index < -0.39 is 0 Å². The standard InChI is InChI=1S/C9H17N5/c10-8-4-5-12-9(11)14(8)13-6-2-1-3-7-13/h4-5,9-10,12H,1-3,6-7,11H2. The summed E-state index contributed by atoms with van der Waals surface area (Å²) >= 11 is 0. The number of hydrogen-bond donors (Lipinski definition) is 3. The third-order valence-corrected chi connectivity index (χ3v) is 2.66. The van der Waals surface area contributed by atoms with Gasteiger partial charge in [0.2, 0.25) is 0 Å². The molecule has 2 aliphatic rings. The molecule has 0 aliphatic carbocycles. The average molecular weight is 195 g/mol. The number of rotatable bonds is 1. The average Bonchev–Trinajstić information content (AvgIpc) is 2.19. The highest BCUT2D eigenvalue weighted by molar-refractivity contribution is 5.90. The molecule has 0 aromatic carbocycles. The Kier molecular flexibility index (Phi) is 2.69. The quantitative estimate of drug-likeness (QED) is 0.552. The Labute approximate surface area is 84.0 Å². The van der Waals surface area contributed by atoms with Crippen LogP contribution < -0.4 is 11.1 Å². The molecule has 0 radical (unpaired) electrons. The Hall–Kier alpha value is -1.07. The second-order valence-electron chi connectivity index (χ2n) is 3.69. The second-order valence-corrected chi connectivity index (χ2v) is 3.69. The third-order valence-electron chi connectivity index (χ3n) is 2.66. The van der Waals surface area contributed by atoms with E-state index in [9.17, 15) is 0 Å². The number of nitrogens with two attached hydrogens (primary N) is 1. The largest absolute Gasteiger partial charge is 0.358 e. The molecule has 2 heterocycles. The number of nitrogens with zero attached hydrogens (tertiary/aromatic N) is 2. The van der Waals surface area contributed by atoms with E-state index in [1.807, 2.05) is 5.01 Å². The van der Waals surface area contributed by atoms with Crippen LogP contribution >= 0.6 is 0 Å². The van der Waals surface area contributed by atoms with Crippen molar-refractivity contribution in [2.75, 3.05) is 13.1 Å². The first-order chi connectivity index (χ1) is 6.79. The van der Waals surface area contributed by atoms with Gasteiger partial charge in [0.05, 0.1) is 0 Å². The van der Waals surface area contributed by atoms with Gasteiger partial charge in [0.15, 0.2) is 6.29 Å². The molecule has 0 aromatic heterocycles. The van der Waals surface area contributed by atoms with E-state index in [0.717, 1.165) is 13.1 Å². The molecule has 14 heavy (non-hydrogen) atoms. The normalized spacial score (nSPS) is 29.1. The minimum atomic E-state index is -0.286. The molecule has 1 saturated heterocycles. The van der Waals surface area contributed by atoms with Gasteiger partial charge in [-0.1, -0.05) is 6.42 Å². The molecule has 0 spiro atoms. The molecule has 5 nitrogen and oxygen atoms in total. The van der Waals surface area contributed by atoms with Gasteiger partial charge in [-0.3, -0.25) is 16.2 Å². The van der Waals surface area contributed by atoms with Crippen LogP contribution in [0.3, 0.4) is 0 Å². The van der Waals surface area contributed by atoms with E-state index in [2.05, 4.69) is 10.3 Å². The molecule has 1 fully saturated rings. The minimum absolute atomic E-state index is 0.286. The fourth-order valence-electron chi connectivity index (χ4n) is 1.94. The molecule has 0 aromatic rings. The maximum absolute atomic E-state index is 7.79. The van der Waals surface area contributed by atoms with Crippen LogP contribution in [0.5, 0.6) is 0 Å². The van der Waals surface area contributed by atoms with E-state index in [1.54, 1.807) is 12.3 Å². The third kappa shape index (κ3) is 1.73. The molecule has 0 bridgehead atoms. The molecular formula is C9H17N5. The minimum Gasteiger partial charge on any atom is -0.358 e. The second kappa shape index (κ2) is 3.98. The van der Waals surface area contributed by atoms with Gasteiger partial charge in [0.25, 0.3) is 0 Å². The summed E-state index contributed by atoms with van der Waals surface area (Å²) in [6.45, 7) is 2.01. The van der Waals surface area contributed by atoms with Crippen molar-refractivity contribution in [1.82, 2.24) is 15.3 Å². The zero-order chi connectivity index (χ0) is 9.97. The molecule has 5 heteroatoms. The van der Waals surface area contributed by atoms with Gasteiger partial charge in [0, 0.05) is 19.3 Å². The van der Waals surface area contributed by atoms with E-state index in [1.165, 1.54) is 19.3 Å². The monoisotopic (exact) mass is 195 g/mol. The van der Waals surface area contributed by atoms with Gasteiger partial charge in [0.1, 0.15) is 5.84 Å². The van der Waals surface area contributed by atoms with Crippen LogP contribution in [0.15, 0.2) is 12.3 Å². The van der Waals surface area contributed by atoms with Crippen LogP contribution in [0.4, 0.5) is 0 Å². The lowest BCUT2D eigenvalue weighted by Gasteiger charge is -2.42. The van der Waals surface area contributed by atoms with E-state index in [0.29, 0.717) is 5.84 Å². The van der Waals surface area contributed by atoms with Crippen molar-refractivity contribution >= 4 is 5.84 Å². The van der Waals surface area contributed by atoms with E-state index in [-0.39, 0.29) is 6.29 Å². The van der Waals surface area contributed by atoms with E-state index in [4.69, 9.17) is 11.1 Å². The number of piperidine rings is 1. The maximum atomic E-state index is 7.79. The van der Waals surface area contributed by atoms with Crippen LogP contribution in [-0.4, -0.2) is 35.2 Å². The smallest absolute Gasteiger partial charge is 0.168 e. The van der Waals surface area contributed by atoms with Crippen LogP contribution in [0, 0.1) is 5.41 Å². The van der Waals surface area contributed by atoms with Crippen molar-refractivity contribution in [2.45, 2.75) is 25.6 Å². The van der Waals surface area contributed by atoms with Crippen LogP contribution in [0.2, 0.25) is 0 Å². The summed E-state index contributed by atoms with van der Waals surface area (Å²) < 4.78 is 0. The van der Waals surface area contributed by atoms with Crippen LogP contribution in [0.25, 0.3) is 0 Å². The molecule has 78 valence electrons. The van der Waals surface area contributed by atoms with Crippen molar-refractivity contribution in [1.29, 1.82) is 5.41 Å². The lowest BCUT2D eigenvalue weighted by molar-refractivity contribution is -0.0154. The number of hydrogen-bond acceptors (Lipinski definition) is 4. The molecule has 4 N–H and O–H groups in total. The van der Waals surface area contributed by atoms with Crippen LogP contribution in [0.1, 0.15) is 19.3 Å². The van der Waals surface area contributed by atoms with Gasteiger partial charge in [-0.05, 0) is 18.9 Å². The van der Waals surface area contributed by atoms with Gasteiger partial charge in [-0.15, -0.1) is 0 Å². The Morgan fingerprint density at radius 1 is 1.36 bits per heavy atom. The van der Waals surface area contributed by atoms with Crippen molar-refractivity contribution in [2.24, 2.45) is 5.73 Å². The molecular weight excluding hydrogens is 178 g/mol. The Balaban J connectivity index is 2.06. The summed E-state index contributed by atoms with van der Waals surface area (Å²) in [5.41, 5.74) is 5.88. The Bertz CT molecular complexity index is 244. The summed E-state index contributed by atoms with van der Waals surface area (Å²) in [4.78, 5) is 0. The number of amidine groups is 1. The first-order valence-corrected chi connectivity index (χ1v) is 5.10. The molecule has 2 rings (SSSR count). The van der Waals surface area contributed by atoms with Gasteiger partial charge in [-0.2, -0.15) is 0 Å².